The maximum absolute atomic E-state index is 7.66. The molecule has 10 N–H and O–H groups in total. The van der Waals surface area contributed by atoms with Gasteiger partial charge in [-0.3, -0.25) is 25.7 Å². The van der Waals surface area contributed by atoms with Gasteiger partial charge in [0.15, 0.2) is 0 Å². The Kier molecular flexibility index (Phi) is 31.8. The Bertz CT molecular complexity index is 2430. The van der Waals surface area contributed by atoms with E-state index in [0.29, 0.717) is 48.8 Å². The Morgan fingerprint density at radius 1 is 0.559 bits per heavy atom. The number of aromatic nitrogens is 6. The molecule has 0 saturated heterocycles. The number of nitrogens with one attached hydrogen (secondary N) is 2. The molecule has 12 nitrogen and oxygen atoms in total. The molecule has 0 bridgehead atoms. The molecule has 0 aliphatic rings. The van der Waals surface area contributed by atoms with Gasteiger partial charge in [0.2, 0.25) is 0 Å². The predicted octanol–water partition coefficient (Wildman–Crippen LogP) is 13.7. The minimum absolute atomic E-state index is 0. The molecule has 3 heterocycles. The minimum atomic E-state index is 0. The van der Waals surface area contributed by atoms with Gasteiger partial charge in [0, 0.05) is 55.8 Å². The van der Waals surface area contributed by atoms with Crippen LogP contribution >= 0.6 is 92.8 Å². The summed E-state index contributed by atoms with van der Waals surface area (Å²) < 4.78 is 3.58. The molecule has 3 aromatic heterocycles. The first-order valence-corrected chi connectivity index (χ1v) is 22.8. The number of rotatable bonds is 8. The van der Waals surface area contributed by atoms with Crippen molar-refractivity contribution < 1.29 is 0 Å². The van der Waals surface area contributed by atoms with Crippen LogP contribution in [0.5, 0.6) is 0 Å². The number of nitrogen functional groups attached to an aromatic ring is 3. The first-order valence-electron chi connectivity index (χ1n) is 19.5. The summed E-state index contributed by atoms with van der Waals surface area (Å²) in [7, 11) is 0. The number of halogens is 8. The van der Waals surface area contributed by atoms with Crippen LogP contribution in [-0.2, 0) is 31.4 Å². The maximum atomic E-state index is 7.66. The summed E-state index contributed by atoms with van der Waals surface area (Å²) in [5.41, 5.74) is 24.4. The molecule has 360 valence electrons. The lowest BCUT2D eigenvalue weighted by molar-refractivity contribution is 0.690. The molecule has 68 heavy (non-hydrogen) atoms. The van der Waals surface area contributed by atoms with Gasteiger partial charge in [-0.2, -0.15) is 20.6 Å². The number of alkyl halides is 2. The highest BCUT2D eigenvalue weighted by Crippen LogP contribution is 2.14. The zero-order valence-electron chi connectivity index (χ0n) is 35.8. The van der Waals surface area contributed by atoms with Crippen molar-refractivity contribution in [3.05, 3.63) is 223 Å². The molecule has 0 atom stereocenters. The largest absolute Gasteiger partial charge is 0.384 e. The number of anilines is 3. The van der Waals surface area contributed by atoms with E-state index >= 15 is 0 Å². The van der Waals surface area contributed by atoms with Crippen molar-refractivity contribution in [3.8, 4) is 6.07 Å². The second kappa shape index (κ2) is 35.7. The SMILES string of the molecule is C.C=C(Cl)C#N.ClCc1ccc(Cl)cc1.ClCc1ccc(Cl)cc1.NNCc1ccc(Cl)cc1.Nc1ccn(Cc2ccc(Cl)cc2)n1.Nc1ccn(Cc2ccc(Cl)cc2)n1.Nc1ccn[nH]1. The Hall–Kier alpha value is -5.40. The van der Waals surface area contributed by atoms with E-state index in [0.717, 1.165) is 52.9 Å². The fourth-order valence-corrected chi connectivity index (χ4v) is 5.60. The van der Waals surface area contributed by atoms with Crippen LogP contribution in [0.4, 0.5) is 17.5 Å². The highest BCUT2D eigenvalue weighted by Gasteiger charge is 1.98. The van der Waals surface area contributed by atoms with Crippen molar-refractivity contribution in [3.63, 3.8) is 0 Å². The normalized spacial score (nSPS) is 9.41. The van der Waals surface area contributed by atoms with Crippen LogP contribution in [0.2, 0.25) is 25.1 Å². The molecule has 8 rings (SSSR count). The summed E-state index contributed by atoms with van der Waals surface area (Å²) in [4.78, 5) is 0. The average Bonchev–Trinajstić information content (AvgIpc) is 4.10. The van der Waals surface area contributed by atoms with E-state index in [1.807, 2.05) is 134 Å². The van der Waals surface area contributed by atoms with E-state index in [9.17, 15) is 0 Å². The van der Waals surface area contributed by atoms with Crippen molar-refractivity contribution in [2.45, 2.75) is 38.8 Å². The lowest BCUT2D eigenvalue weighted by Crippen LogP contribution is -2.20. The Morgan fingerprint density at radius 3 is 1.07 bits per heavy atom. The summed E-state index contributed by atoms with van der Waals surface area (Å²) in [6.07, 6.45) is 5.31. The van der Waals surface area contributed by atoms with Crippen LogP contribution in [0.1, 0.15) is 35.2 Å². The quantitative estimate of drug-likeness (QED) is 0.0370. The predicted molar refractivity (Wildman–Crippen MR) is 289 cm³/mol. The number of nitrogens with zero attached hydrogens (tertiary/aromatic N) is 6. The van der Waals surface area contributed by atoms with Gasteiger partial charge in [-0.15, -0.1) is 23.2 Å². The van der Waals surface area contributed by atoms with Gasteiger partial charge in [-0.1, -0.05) is 144 Å². The van der Waals surface area contributed by atoms with Gasteiger partial charge in [0.1, 0.15) is 28.6 Å². The number of nitriles is 1. The van der Waals surface area contributed by atoms with Crippen LogP contribution in [-0.4, -0.2) is 29.8 Å². The fraction of sp³-hybridized carbons (Fsp3) is 0.125. The minimum Gasteiger partial charge on any atom is -0.384 e. The van der Waals surface area contributed by atoms with Crippen LogP contribution < -0.4 is 28.5 Å². The number of hydrogen-bond donors (Lipinski definition) is 6. The first-order chi connectivity index (χ1) is 32.1. The molecule has 0 aliphatic carbocycles. The van der Waals surface area contributed by atoms with E-state index in [1.165, 1.54) is 0 Å². The summed E-state index contributed by atoms with van der Waals surface area (Å²) in [6, 6.07) is 44.7. The Morgan fingerprint density at radius 2 is 0.868 bits per heavy atom. The Balaban J connectivity index is 0.000000406. The van der Waals surface area contributed by atoms with Gasteiger partial charge in [0.05, 0.1) is 19.3 Å². The third kappa shape index (κ3) is 28.7. The molecule has 0 unspecified atom stereocenters. The zero-order chi connectivity index (χ0) is 49.4. The molecule has 0 spiro atoms. The number of benzene rings is 5. The molecule has 0 radical (unpaired) electrons. The number of allylic oxidation sites excluding steroid dienone is 1. The van der Waals surface area contributed by atoms with Crippen molar-refractivity contribution in [2.75, 3.05) is 17.2 Å². The smallest absolute Gasteiger partial charge is 0.145 e. The highest BCUT2D eigenvalue weighted by atomic mass is 35.5. The summed E-state index contributed by atoms with van der Waals surface area (Å²) >= 11 is 44.4. The van der Waals surface area contributed by atoms with E-state index in [4.69, 9.17) is 121 Å². The standard InChI is InChI=1S/2C10H10ClN3.2C7H6Cl2.C7H9ClN2.C3H2ClN.C3H5N3.CH4/c2*11-9-3-1-8(2-4-9)7-14-6-5-10(12)13-14;2*8-5-6-1-3-7(9)4-2-6;8-7-3-1-6(2-4-7)5-10-9;1-3(4)2-5;4-3-1-2-5-6-3;/h2*1-6H,7H2,(H2,12,13);2*1-4H,5H2;1-4,10H,5,9H2;1H2;1-2H,(H3,4,5,6);1H4. The molecule has 0 aliphatic heterocycles. The van der Waals surface area contributed by atoms with Gasteiger partial charge in [-0.05, 0) is 107 Å². The average molecular weight is 1080 g/mol. The highest BCUT2D eigenvalue weighted by molar-refractivity contribution is 6.32. The van der Waals surface area contributed by atoms with Gasteiger partial charge in [0.25, 0.3) is 0 Å². The van der Waals surface area contributed by atoms with Crippen LogP contribution in [0.25, 0.3) is 0 Å². The van der Waals surface area contributed by atoms with Crippen molar-refractivity contribution in [1.82, 2.24) is 35.2 Å². The number of hydrogen-bond acceptors (Lipinski definition) is 9. The number of H-pyrrole nitrogens is 1. The molecular formula is C48H52Cl8N12. The number of hydrazine groups is 1. The second-order valence-electron chi connectivity index (χ2n) is 13.2. The monoisotopic (exact) mass is 1080 g/mol. The van der Waals surface area contributed by atoms with E-state index < -0.39 is 0 Å². The topological polar surface area (TPSA) is 204 Å². The fourth-order valence-electron chi connectivity index (χ4n) is 4.62. The lowest BCUT2D eigenvalue weighted by Gasteiger charge is -2.01. The van der Waals surface area contributed by atoms with Gasteiger partial charge in [-0.25, -0.2) is 0 Å². The van der Waals surface area contributed by atoms with Crippen LogP contribution in [0, 0.1) is 11.3 Å². The zero-order valence-corrected chi connectivity index (χ0v) is 41.8. The van der Waals surface area contributed by atoms with Gasteiger partial charge < -0.3 is 17.2 Å². The van der Waals surface area contributed by atoms with Crippen molar-refractivity contribution in [2.24, 2.45) is 5.84 Å². The third-order valence-electron chi connectivity index (χ3n) is 7.84. The Labute approximate surface area is 438 Å². The number of nitrogens with two attached hydrogens (primary N) is 4. The molecule has 0 amide bonds. The maximum Gasteiger partial charge on any atom is 0.145 e. The first kappa shape index (κ1) is 60.6. The molecule has 0 saturated carbocycles. The van der Waals surface area contributed by atoms with Crippen LogP contribution in [0.3, 0.4) is 0 Å². The van der Waals surface area contributed by atoms with Crippen molar-refractivity contribution >= 4 is 110 Å². The lowest BCUT2D eigenvalue weighted by atomic mass is 10.2. The van der Waals surface area contributed by atoms with Gasteiger partial charge >= 0.3 is 0 Å². The molecule has 20 heteroatoms. The number of aromatic amines is 1. The van der Waals surface area contributed by atoms with E-state index in [1.54, 1.807) is 39.8 Å². The van der Waals surface area contributed by atoms with Crippen LogP contribution in [0.15, 0.2) is 170 Å². The van der Waals surface area contributed by atoms with E-state index in [-0.39, 0.29) is 12.5 Å². The third-order valence-corrected chi connectivity index (χ3v) is 9.80. The summed E-state index contributed by atoms with van der Waals surface area (Å²) in [6.45, 7) is 5.19. The molecule has 0 fully saturated rings. The summed E-state index contributed by atoms with van der Waals surface area (Å²) in [5, 5.41) is 25.7. The second-order valence-corrected chi connectivity index (χ2v) is 16.4. The molecule has 5 aromatic carbocycles. The van der Waals surface area contributed by atoms with E-state index in [2.05, 4.69) is 32.4 Å². The molecular weight excluding hydrogens is 1030 g/mol. The molecule has 8 aromatic rings. The van der Waals surface area contributed by atoms with Crippen molar-refractivity contribution in [1.29, 1.82) is 5.26 Å². The summed E-state index contributed by atoms with van der Waals surface area (Å²) in [5.74, 6) is 7.91.